The fourth-order valence-electron chi connectivity index (χ4n) is 1.89. The molecule has 138 valence electrons. The minimum atomic E-state index is -3.59. The average molecular weight is 404 g/mol. The van der Waals surface area contributed by atoms with Crippen LogP contribution < -0.4 is 5.32 Å². The summed E-state index contributed by atoms with van der Waals surface area (Å²) in [4.78, 5) is 23.6. The van der Waals surface area contributed by atoms with Gasteiger partial charge in [0.25, 0.3) is 5.91 Å². The van der Waals surface area contributed by atoms with Gasteiger partial charge in [0, 0.05) is 6.26 Å². The number of hydrogen-bond donors (Lipinski definition) is 1. The molecule has 2 rings (SSSR count). The summed E-state index contributed by atoms with van der Waals surface area (Å²) < 4.78 is 54.7. The zero-order valence-corrected chi connectivity index (χ0v) is 14.8. The van der Waals surface area contributed by atoms with Crippen LogP contribution in [0.25, 0.3) is 0 Å². The van der Waals surface area contributed by atoms with Crippen LogP contribution in [0.1, 0.15) is 10.4 Å². The monoisotopic (exact) mass is 403 g/mol. The molecular weight excluding hydrogens is 392 g/mol. The Morgan fingerprint density at radius 1 is 1.15 bits per heavy atom. The summed E-state index contributed by atoms with van der Waals surface area (Å²) in [6.07, 6.45) is 0.946. The number of halogens is 3. The van der Waals surface area contributed by atoms with E-state index in [1.165, 1.54) is 12.1 Å². The fraction of sp³-hybridized carbons (Fsp3) is 0.125. The van der Waals surface area contributed by atoms with E-state index < -0.39 is 45.6 Å². The summed E-state index contributed by atoms with van der Waals surface area (Å²) in [6, 6.07) is 6.43. The first-order chi connectivity index (χ1) is 12.1. The van der Waals surface area contributed by atoms with Crippen LogP contribution in [0.2, 0.25) is 5.02 Å². The molecule has 0 spiro atoms. The standard InChI is InChI=1S/C16H12ClF2NO5S/c1-26(23,24)9-5-6-11(17)10(7-9)16(22)25-8-14(21)20-15-12(18)3-2-4-13(15)19/h2-7H,8H2,1H3,(H,20,21). The summed E-state index contributed by atoms with van der Waals surface area (Å²) in [6.45, 7) is -0.855. The van der Waals surface area contributed by atoms with Gasteiger partial charge in [-0.05, 0) is 30.3 Å². The van der Waals surface area contributed by atoms with Gasteiger partial charge in [0.2, 0.25) is 0 Å². The van der Waals surface area contributed by atoms with Crippen molar-refractivity contribution in [1.82, 2.24) is 0 Å². The highest BCUT2D eigenvalue weighted by molar-refractivity contribution is 7.90. The second kappa shape index (κ2) is 7.79. The highest BCUT2D eigenvalue weighted by Gasteiger charge is 2.18. The Kier molecular flexibility index (Phi) is 5.94. The number of carbonyl (C=O) groups excluding carboxylic acids is 2. The molecule has 0 aliphatic rings. The maximum atomic E-state index is 13.4. The normalized spacial score (nSPS) is 11.1. The lowest BCUT2D eigenvalue weighted by atomic mass is 10.2. The van der Waals surface area contributed by atoms with Crippen molar-refractivity contribution in [3.8, 4) is 0 Å². The molecule has 1 amide bonds. The van der Waals surface area contributed by atoms with Crippen molar-refractivity contribution in [3.05, 3.63) is 58.6 Å². The van der Waals surface area contributed by atoms with Gasteiger partial charge in [-0.3, -0.25) is 4.79 Å². The molecule has 1 N–H and O–H groups in total. The number of amides is 1. The van der Waals surface area contributed by atoms with E-state index >= 15 is 0 Å². The van der Waals surface area contributed by atoms with Crippen LogP contribution in [0.4, 0.5) is 14.5 Å². The molecule has 2 aromatic rings. The summed E-state index contributed by atoms with van der Waals surface area (Å²) in [5, 5.41) is 1.86. The van der Waals surface area contributed by atoms with Crippen LogP contribution in [-0.4, -0.2) is 33.2 Å². The largest absolute Gasteiger partial charge is 0.452 e. The molecule has 10 heteroatoms. The number of nitrogens with one attached hydrogen (secondary N) is 1. The van der Waals surface area contributed by atoms with Crippen LogP contribution in [0, 0.1) is 11.6 Å². The van der Waals surface area contributed by atoms with Gasteiger partial charge in [-0.15, -0.1) is 0 Å². The lowest BCUT2D eigenvalue weighted by Gasteiger charge is -2.09. The van der Waals surface area contributed by atoms with Crippen molar-refractivity contribution in [2.45, 2.75) is 4.90 Å². The number of para-hydroxylation sites is 1. The minimum absolute atomic E-state index is 0.0806. The van der Waals surface area contributed by atoms with Gasteiger partial charge in [0.1, 0.15) is 17.3 Å². The second-order valence-electron chi connectivity index (χ2n) is 5.13. The van der Waals surface area contributed by atoms with Crippen molar-refractivity contribution in [1.29, 1.82) is 0 Å². The highest BCUT2D eigenvalue weighted by atomic mass is 35.5. The molecule has 6 nitrogen and oxygen atoms in total. The smallest absolute Gasteiger partial charge is 0.340 e. The van der Waals surface area contributed by atoms with E-state index in [9.17, 15) is 26.8 Å². The predicted octanol–water partition coefficient (Wildman–Crippen LogP) is 2.82. The van der Waals surface area contributed by atoms with Crippen LogP contribution in [0.15, 0.2) is 41.3 Å². The Balaban J connectivity index is 2.08. The molecule has 0 bridgehead atoms. The first-order valence-corrected chi connectivity index (χ1v) is 9.27. The number of ether oxygens (including phenoxy) is 1. The number of hydrogen-bond acceptors (Lipinski definition) is 5. The first-order valence-electron chi connectivity index (χ1n) is 7.00. The zero-order valence-electron chi connectivity index (χ0n) is 13.3. The fourth-order valence-corrected chi connectivity index (χ4v) is 2.73. The summed E-state index contributed by atoms with van der Waals surface area (Å²) in [5.41, 5.74) is -0.940. The zero-order chi connectivity index (χ0) is 19.5. The van der Waals surface area contributed by atoms with Gasteiger partial charge in [0.15, 0.2) is 16.4 Å². The number of anilines is 1. The molecule has 0 heterocycles. The minimum Gasteiger partial charge on any atom is -0.452 e. The van der Waals surface area contributed by atoms with E-state index in [2.05, 4.69) is 0 Å². The molecule has 0 aromatic heterocycles. The molecule has 0 aliphatic carbocycles. The number of carbonyl (C=O) groups is 2. The quantitative estimate of drug-likeness (QED) is 0.775. The Bertz CT molecular complexity index is 958. The van der Waals surface area contributed by atoms with E-state index in [0.29, 0.717) is 0 Å². The third-order valence-electron chi connectivity index (χ3n) is 3.15. The SMILES string of the molecule is CS(=O)(=O)c1ccc(Cl)c(C(=O)OCC(=O)Nc2c(F)cccc2F)c1. The Hall–Kier alpha value is -2.52. The van der Waals surface area contributed by atoms with E-state index in [-0.39, 0.29) is 15.5 Å². The summed E-state index contributed by atoms with van der Waals surface area (Å²) in [5.74, 6) is -4.04. The molecule has 0 aliphatic heterocycles. The Labute approximate surface area is 152 Å². The van der Waals surface area contributed by atoms with Gasteiger partial charge >= 0.3 is 5.97 Å². The molecule has 26 heavy (non-hydrogen) atoms. The maximum Gasteiger partial charge on any atom is 0.340 e. The molecular formula is C16H12ClF2NO5S. The number of esters is 1. The molecule has 2 aromatic carbocycles. The van der Waals surface area contributed by atoms with Gasteiger partial charge in [-0.2, -0.15) is 0 Å². The lowest BCUT2D eigenvalue weighted by molar-refractivity contribution is -0.119. The van der Waals surface area contributed by atoms with E-state index in [1.54, 1.807) is 0 Å². The Morgan fingerprint density at radius 2 is 1.77 bits per heavy atom. The number of benzene rings is 2. The third-order valence-corrected chi connectivity index (χ3v) is 4.59. The number of rotatable bonds is 5. The van der Waals surface area contributed by atoms with Crippen molar-refractivity contribution in [2.24, 2.45) is 0 Å². The molecule has 0 radical (unpaired) electrons. The summed E-state index contributed by atoms with van der Waals surface area (Å²) >= 11 is 5.83. The predicted molar refractivity (Wildman–Crippen MR) is 89.8 cm³/mol. The topological polar surface area (TPSA) is 89.5 Å². The van der Waals surface area contributed by atoms with E-state index in [1.807, 2.05) is 5.32 Å². The Morgan fingerprint density at radius 3 is 2.35 bits per heavy atom. The first kappa shape index (κ1) is 19.8. The second-order valence-corrected chi connectivity index (χ2v) is 7.56. The van der Waals surface area contributed by atoms with Crippen LogP contribution in [-0.2, 0) is 19.4 Å². The molecule has 0 unspecified atom stereocenters. The van der Waals surface area contributed by atoms with Crippen LogP contribution >= 0.6 is 11.6 Å². The lowest BCUT2D eigenvalue weighted by Crippen LogP contribution is -2.22. The van der Waals surface area contributed by atoms with E-state index in [0.717, 1.165) is 30.5 Å². The molecule has 0 saturated carbocycles. The molecule has 0 saturated heterocycles. The van der Waals surface area contributed by atoms with Crippen molar-refractivity contribution >= 4 is 39.0 Å². The number of sulfone groups is 1. The maximum absolute atomic E-state index is 13.4. The third kappa shape index (κ3) is 4.77. The van der Waals surface area contributed by atoms with Gasteiger partial charge < -0.3 is 10.1 Å². The van der Waals surface area contributed by atoms with Gasteiger partial charge in [-0.1, -0.05) is 17.7 Å². The van der Waals surface area contributed by atoms with Crippen molar-refractivity contribution in [3.63, 3.8) is 0 Å². The molecule has 0 atom stereocenters. The van der Waals surface area contributed by atoms with Crippen LogP contribution in [0.5, 0.6) is 0 Å². The molecule has 0 fully saturated rings. The van der Waals surface area contributed by atoms with Gasteiger partial charge in [-0.25, -0.2) is 22.0 Å². The van der Waals surface area contributed by atoms with Crippen molar-refractivity contribution < 1.29 is 31.5 Å². The van der Waals surface area contributed by atoms with Gasteiger partial charge in [0.05, 0.1) is 15.5 Å². The van der Waals surface area contributed by atoms with Crippen LogP contribution in [0.3, 0.4) is 0 Å². The van der Waals surface area contributed by atoms with Crippen molar-refractivity contribution in [2.75, 3.05) is 18.2 Å². The van der Waals surface area contributed by atoms with E-state index in [4.69, 9.17) is 16.3 Å². The summed E-state index contributed by atoms with van der Waals surface area (Å²) in [7, 11) is -3.59. The average Bonchev–Trinajstić information content (AvgIpc) is 2.55. The highest BCUT2D eigenvalue weighted by Crippen LogP contribution is 2.22.